The first-order valence-corrected chi connectivity index (χ1v) is 10.9. The number of anilines is 2. The Balaban J connectivity index is 1.59. The number of aromatic nitrogens is 7. The fraction of sp³-hybridized carbons (Fsp3) is 0.318. The highest BCUT2D eigenvalue weighted by Crippen LogP contribution is 2.44. The number of amides is 1. The Morgan fingerprint density at radius 3 is 2.66 bits per heavy atom. The number of fused-ring (bicyclic) bond motifs is 2. The van der Waals surface area contributed by atoms with Gasteiger partial charge < -0.3 is 11.1 Å². The van der Waals surface area contributed by atoms with Crippen molar-refractivity contribution in [2.45, 2.75) is 44.7 Å². The fourth-order valence-corrected chi connectivity index (χ4v) is 4.13. The van der Waals surface area contributed by atoms with Gasteiger partial charge in [-0.2, -0.15) is 18.3 Å². The van der Waals surface area contributed by atoms with Crippen molar-refractivity contribution in [2.24, 2.45) is 0 Å². The number of aryl methyl sites for hydroxylation is 1. The minimum absolute atomic E-state index is 0.0110. The smallest absolute Gasteiger partial charge is 0.383 e. The van der Waals surface area contributed by atoms with E-state index in [1.54, 1.807) is 10.7 Å². The minimum atomic E-state index is -4.55. The molecule has 0 aromatic carbocycles. The van der Waals surface area contributed by atoms with Crippen LogP contribution in [0.1, 0.15) is 49.2 Å². The van der Waals surface area contributed by atoms with Crippen LogP contribution in [0.25, 0.3) is 17.2 Å². The zero-order chi connectivity index (χ0) is 25.0. The topological polar surface area (TPSA) is 137 Å². The number of hydrogen-bond donors (Lipinski definition) is 2. The van der Waals surface area contributed by atoms with Crippen molar-refractivity contribution in [1.82, 2.24) is 34.5 Å². The molecule has 1 unspecified atom stereocenters. The molecule has 0 aliphatic carbocycles. The van der Waals surface area contributed by atoms with Gasteiger partial charge in [-0.15, -0.1) is 0 Å². The number of carbonyl (C=O) groups is 1. The van der Waals surface area contributed by atoms with Crippen LogP contribution < -0.4 is 11.1 Å². The van der Waals surface area contributed by atoms with Crippen LogP contribution in [-0.2, 0) is 22.8 Å². The molecule has 5 heterocycles. The Bertz CT molecular complexity index is 1450. The molecule has 1 amide bonds. The summed E-state index contributed by atoms with van der Waals surface area (Å²) in [5, 5.41) is 6.86. The second kappa shape index (κ2) is 7.96. The zero-order valence-electron chi connectivity index (χ0n) is 18.8. The van der Waals surface area contributed by atoms with Crippen molar-refractivity contribution in [2.75, 3.05) is 11.1 Å². The van der Waals surface area contributed by atoms with E-state index in [-0.39, 0.29) is 28.7 Å². The fourth-order valence-electron chi connectivity index (χ4n) is 4.13. The summed E-state index contributed by atoms with van der Waals surface area (Å²) in [7, 11) is 0. The van der Waals surface area contributed by atoms with E-state index in [0.29, 0.717) is 24.0 Å². The summed E-state index contributed by atoms with van der Waals surface area (Å²) >= 11 is 0. The summed E-state index contributed by atoms with van der Waals surface area (Å²) in [5.41, 5.74) is 5.97. The molecule has 0 fully saturated rings. The number of halogens is 3. The highest BCUT2D eigenvalue weighted by atomic mass is 19.4. The van der Waals surface area contributed by atoms with E-state index in [4.69, 9.17) is 5.73 Å². The van der Waals surface area contributed by atoms with Crippen LogP contribution in [0.3, 0.4) is 0 Å². The lowest BCUT2D eigenvalue weighted by atomic mass is 9.80. The van der Waals surface area contributed by atoms with Gasteiger partial charge in [-0.3, -0.25) is 9.78 Å². The van der Waals surface area contributed by atoms with Crippen molar-refractivity contribution >= 4 is 23.2 Å². The second-order valence-electron chi connectivity index (χ2n) is 8.37. The lowest BCUT2D eigenvalue weighted by Crippen LogP contribution is -2.34. The standard InChI is InChI=1S/C22H20F3N9O/c1-3-4-5-12-19-28-10-29-34(19)9-13(30-12)17-31-16(26)15-18(32-17)33-20(35)21(15,2)14-7-6-11(8-27-14)22(23,24)25/h6-10H,3-5H2,1-2H3,(H3,26,31,32,33,35). The van der Waals surface area contributed by atoms with Gasteiger partial charge in [0.15, 0.2) is 11.5 Å². The summed E-state index contributed by atoms with van der Waals surface area (Å²) in [6.45, 7) is 3.59. The largest absolute Gasteiger partial charge is 0.417 e. The number of carbonyl (C=O) groups excluding carboxylic acids is 1. The summed E-state index contributed by atoms with van der Waals surface area (Å²) in [6, 6.07) is 2.03. The molecule has 13 heteroatoms. The molecular formula is C22H20F3N9O. The Labute approximate surface area is 196 Å². The molecule has 0 bridgehead atoms. The highest BCUT2D eigenvalue weighted by molar-refractivity contribution is 6.08. The van der Waals surface area contributed by atoms with Crippen molar-refractivity contribution in [1.29, 1.82) is 0 Å². The number of nitrogens with one attached hydrogen (secondary N) is 1. The van der Waals surface area contributed by atoms with Gasteiger partial charge >= 0.3 is 6.18 Å². The van der Waals surface area contributed by atoms with Gasteiger partial charge in [0.25, 0.3) is 0 Å². The molecule has 4 aromatic heterocycles. The van der Waals surface area contributed by atoms with Crippen molar-refractivity contribution in [3.05, 3.63) is 53.4 Å². The first kappa shape index (κ1) is 22.6. The molecule has 180 valence electrons. The lowest BCUT2D eigenvalue weighted by molar-refractivity contribution is -0.137. The maximum absolute atomic E-state index is 13.0. The normalized spacial score (nSPS) is 17.6. The van der Waals surface area contributed by atoms with Crippen molar-refractivity contribution in [3.63, 3.8) is 0 Å². The molecule has 0 saturated carbocycles. The molecule has 1 atom stereocenters. The third-order valence-corrected chi connectivity index (χ3v) is 6.05. The molecule has 0 saturated heterocycles. The van der Waals surface area contributed by atoms with E-state index in [0.717, 1.165) is 30.7 Å². The van der Waals surface area contributed by atoms with E-state index < -0.39 is 23.1 Å². The van der Waals surface area contributed by atoms with Gasteiger partial charge in [0.1, 0.15) is 29.1 Å². The summed E-state index contributed by atoms with van der Waals surface area (Å²) < 4.78 is 40.5. The van der Waals surface area contributed by atoms with Crippen LogP contribution in [-0.4, -0.2) is 40.4 Å². The van der Waals surface area contributed by atoms with Crippen molar-refractivity contribution in [3.8, 4) is 11.5 Å². The summed E-state index contributed by atoms with van der Waals surface area (Å²) in [6.07, 6.45) is 1.74. The van der Waals surface area contributed by atoms with Crippen LogP contribution >= 0.6 is 0 Å². The van der Waals surface area contributed by atoms with Crippen molar-refractivity contribution < 1.29 is 18.0 Å². The van der Waals surface area contributed by atoms with Gasteiger partial charge in [0, 0.05) is 6.20 Å². The molecule has 3 N–H and O–H groups in total. The number of pyridine rings is 1. The van der Waals surface area contributed by atoms with E-state index in [1.807, 2.05) is 0 Å². The number of nitrogens with zero attached hydrogens (tertiary/aromatic N) is 7. The van der Waals surface area contributed by atoms with E-state index in [2.05, 4.69) is 42.3 Å². The number of alkyl halides is 3. The van der Waals surface area contributed by atoms with Crippen LogP contribution in [0.2, 0.25) is 0 Å². The van der Waals surface area contributed by atoms with Crippen LogP contribution in [0.15, 0.2) is 30.9 Å². The average Bonchev–Trinajstić information content (AvgIpc) is 3.40. The monoisotopic (exact) mass is 483 g/mol. The third kappa shape index (κ3) is 3.63. The predicted molar refractivity (Wildman–Crippen MR) is 119 cm³/mol. The molecule has 1 aliphatic heterocycles. The molecule has 1 aliphatic rings. The molecule has 0 spiro atoms. The van der Waals surface area contributed by atoms with E-state index >= 15 is 0 Å². The molecule has 0 radical (unpaired) electrons. The molecule has 5 rings (SSSR count). The average molecular weight is 483 g/mol. The predicted octanol–water partition coefficient (Wildman–Crippen LogP) is 3.18. The van der Waals surface area contributed by atoms with Gasteiger partial charge in [-0.1, -0.05) is 13.3 Å². The quantitative estimate of drug-likeness (QED) is 0.442. The zero-order valence-corrected chi connectivity index (χ0v) is 18.8. The Morgan fingerprint density at radius 2 is 1.97 bits per heavy atom. The molecule has 10 nitrogen and oxygen atoms in total. The lowest BCUT2D eigenvalue weighted by Gasteiger charge is -2.22. The Morgan fingerprint density at radius 1 is 1.17 bits per heavy atom. The highest BCUT2D eigenvalue weighted by Gasteiger charge is 2.49. The van der Waals surface area contributed by atoms with E-state index in [1.165, 1.54) is 13.3 Å². The molecule has 4 aromatic rings. The van der Waals surface area contributed by atoms with Gasteiger partial charge in [0.05, 0.1) is 28.7 Å². The summed E-state index contributed by atoms with van der Waals surface area (Å²) in [5.74, 6) is -0.219. The molecule has 35 heavy (non-hydrogen) atoms. The van der Waals surface area contributed by atoms with Crippen LogP contribution in [0, 0.1) is 0 Å². The number of hydrogen-bond acceptors (Lipinski definition) is 8. The maximum Gasteiger partial charge on any atom is 0.417 e. The molecular weight excluding hydrogens is 463 g/mol. The Kier molecular flexibility index (Phi) is 5.15. The number of unbranched alkanes of at least 4 members (excludes halogenated alkanes) is 1. The number of nitrogens with two attached hydrogens (primary N) is 1. The van der Waals surface area contributed by atoms with E-state index in [9.17, 15) is 18.0 Å². The van der Waals surface area contributed by atoms with Crippen LogP contribution in [0.5, 0.6) is 0 Å². The SMILES string of the molecule is CCCCc1nc(-c2nc(N)c3c(n2)NC(=O)C3(C)c2ccc(C(F)(F)F)cn2)cn2ncnc12. The minimum Gasteiger partial charge on any atom is -0.383 e. The second-order valence-corrected chi connectivity index (χ2v) is 8.37. The Hall–Kier alpha value is -4.16. The van der Waals surface area contributed by atoms with Gasteiger partial charge in [0.2, 0.25) is 5.91 Å². The maximum atomic E-state index is 13.0. The third-order valence-electron chi connectivity index (χ3n) is 6.05. The first-order chi connectivity index (χ1) is 16.6. The van der Waals surface area contributed by atoms with Crippen LogP contribution in [0.4, 0.5) is 24.8 Å². The summed E-state index contributed by atoms with van der Waals surface area (Å²) in [4.78, 5) is 34.7. The van der Waals surface area contributed by atoms with Gasteiger partial charge in [-0.05, 0) is 31.9 Å². The van der Waals surface area contributed by atoms with Gasteiger partial charge in [-0.25, -0.2) is 24.5 Å². The number of rotatable bonds is 5. The number of nitrogen functional groups attached to an aromatic ring is 1. The first-order valence-electron chi connectivity index (χ1n) is 10.9.